The van der Waals surface area contributed by atoms with Gasteiger partial charge in [0.25, 0.3) is 0 Å². The van der Waals surface area contributed by atoms with Crippen LogP contribution in [0.15, 0.2) is 181 Å². The molecule has 4 heteroatoms. The van der Waals surface area contributed by atoms with Crippen LogP contribution in [0.25, 0.3) is 93.9 Å². The Balaban J connectivity index is 1.51. The van der Waals surface area contributed by atoms with E-state index in [1.165, 1.54) is 0 Å². The first kappa shape index (κ1) is 11.6. The number of pyridine rings is 1. The number of hydrogen-bond acceptors (Lipinski definition) is 1. The molecule has 0 radical (unpaired) electrons. The molecule has 51 heavy (non-hydrogen) atoms. The second-order valence-corrected chi connectivity index (χ2v) is 11.0. The van der Waals surface area contributed by atoms with Gasteiger partial charge in [0.15, 0.2) is 0 Å². The number of nitrogens with zero attached hydrogens (tertiary/aromatic N) is 4. The van der Waals surface area contributed by atoms with Gasteiger partial charge in [-0.1, -0.05) is 127 Å². The third-order valence-electron chi connectivity index (χ3n) is 8.35. The molecule has 0 N–H and O–H groups in total. The molecule has 4 heterocycles. The molecule has 238 valence electrons. The van der Waals surface area contributed by atoms with Crippen molar-refractivity contribution in [2.75, 3.05) is 0 Å². The minimum Gasteiger partial charge on any atom is -0.309 e. The molecule has 0 amide bonds. The molecule has 0 spiro atoms. The first-order valence-electron chi connectivity index (χ1n) is 30.0. The Morgan fingerprint density at radius 3 is 1.00 bits per heavy atom. The fourth-order valence-corrected chi connectivity index (χ4v) is 6.31. The second-order valence-electron chi connectivity index (χ2n) is 11.0. The van der Waals surface area contributed by atoms with E-state index in [0.29, 0.717) is 13.7 Å². The molecule has 0 aliphatic heterocycles. The molecule has 0 atom stereocenters. The van der Waals surface area contributed by atoms with Gasteiger partial charge in [0.2, 0.25) is 0 Å². The lowest BCUT2D eigenvalue weighted by molar-refractivity contribution is 1.01. The van der Waals surface area contributed by atoms with Crippen molar-refractivity contribution in [3.05, 3.63) is 181 Å². The summed E-state index contributed by atoms with van der Waals surface area (Å²) >= 11 is 0. The van der Waals surface area contributed by atoms with Crippen LogP contribution in [0, 0.1) is 0 Å². The summed E-state index contributed by atoms with van der Waals surface area (Å²) in [6, 6.07) is -29.2. The smallest absolute Gasteiger partial charge is 0.140 e. The van der Waals surface area contributed by atoms with Crippen molar-refractivity contribution in [2.45, 2.75) is 0 Å². The largest absolute Gasteiger partial charge is 0.309 e. The normalized spacial score (nSPS) is 20.2. The molecular weight excluding hydrogens is 621 g/mol. The molecule has 4 aromatic heterocycles. The van der Waals surface area contributed by atoms with Crippen LogP contribution >= 0.6 is 0 Å². The van der Waals surface area contributed by atoms with Gasteiger partial charge in [0.1, 0.15) is 11.6 Å². The summed E-state index contributed by atoms with van der Waals surface area (Å²) in [7, 11) is 0. The average Bonchev–Trinajstić information content (AvgIpc) is 2.38. The summed E-state index contributed by atoms with van der Waals surface area (Å²) in [5.41, 5.74) is -7.35. The van der Waals surface area contributed by atoms with Gasteiger partial charge in [-0.2, -0.15) is 0 Å². The predicted molar refractivity (Wildman–Crippen MR) is 213 cm³/mol. The van der Waals surface area contributed by atoms with E-state index in [2.05, 4.69) is 4.98 Å². The summed E-state index contributed by atoms with van der Waals surface area (Å²) < 4.78 is 275. The van der Waals surface area contributed by atoms with Crippen molar-refractivity contribution >= 4 is 65.4 Å². The van der Waals surface area contributed by atoms with E-state index in [0.717, 1.165) is 0 Å². The van der Waals surface area contributed by atoms with Gasteiger partial charge in [-0.15, -0.1) is 0 Å². The maximum atomic E-state index is 10.3. The van der Waals surface area contributed by atoms with Gasteiger partial charge in [-0.3, -0.25) is 9.13 Å². The Hall–Kier alpha value is -6.91. The number of benzene rings is 7. The fraction of sp³-hybridized carbons (Fsp3) is 0. The highest BCUT2D eigenvalue weighted by Crippen LogP contribution is 2.39. The van der Waals surface area contributed by atoms with Crippen LogP contribution in [0.3, 0.4) is 0 Å². The fourth-order valence-electron chi connectivity index (χ4n) is 6.31. The van der Waals surface area contributed by atoms with Crippen molar-refractivity contribution in [1.29, 1.82) is 0 Å². The summed E-state index contributed by atoms with van der Waals surface area (Å²) in [6.45, 7) is 0. The van der Waals surface area contributed by atoms with E-state index in [1.807, 2.05) is 0 Å². The Morgan fingerprint density at radius 1 is 0.333 bits per heavy atom. The second kappa shape index (κ2) is 10.8. The topological polar surface area (TPSA) is 27.7 Å². The Kier molecular flexibility index (Phi) is 2.45. The summed E-state index contributed by atoms with van der Waals surface area (Å²) in [5, 5.41) is -3.51. The first-order chi connectivity index (χ1) is 37.8. The van der Waals surface area contributed by atoms with Crippen LogP contribution in [0.2, 0.25) is 0 Å². The molecule has 11 rings (SSSR count). The molecule has 0 saturated carbocycles. The lowest BCUT2D eigenvalue weighted by Gasteiger charge is -2.17. The lowest BCUT2D eigenvalue weighted by Crippen LogP contribution is -2.05. The Labute approximate surface area is 335 Å². The Morgan fingerprint density at radius 2 is 0.627 bits per heavy atom. The zero-order chi connectivity index (χ0) is 59.6. The summed E-state index contributed by atoms with van der Waals surface area (Å²) in [5.74, 6) is -2.07. The zero-order valence-electron chi connectivity index (χ0n) is 55.3. The summed E-state index contributed by atoms with van der Waals surface area (Å²) in [4.78, 5) is 4.65. The molecule has 4 nitrogen and oxygen atoms in total. The van der Waals surface area contributed by atoms with Gasteiger partial charge in [-0.25, -0.2) is 4.98 Å². The maximum Gasteiger partial charge on any atom is 0.140 e. The molecule has 11 aromatic rings. The van der Waals surface area contributed by atoms with Crippen LogP contribution in [0.4, 0.5) is 0 Å². The van der Waals surface area contributed by atoms with Gasteiger partial charge in [0, 0.05) is 37.9 Å². The molecule has 0 aliphatic rings. The molecule has 0 saturated heterocycles. The number of rotatable bonds is 4. The molecule has 0 bridgehead atoms. The van der Waals surface area contributed by atoms with Gasteiger partial charge in [-0.05, 0) is 59.9 Å². The first-order valence-corrected chi connectivity index (χ1v) is 15.0. The van der Waals surface area contributed by atoms with Crippen molar-refractivity contribution in [3.8, 4) is 28.5 Å². The minimum atomic E-state index is -1.21. The van der Waals surface area contributed by atoms with Crippen LogP contribution in [-0.2, 0) is 0 Å². The maximum absolute atomic E-state index is 10.3. The van der Waals surface area contributed by atoms with E-state index in [-0.39, 0.29) is 0 Å². The minimum absolute atomic E-state index is 0.585. The van der Waals surface area contributed by atoms with E-state index in [1.54, 1.807) is 0 Å². The average molecular weight is 681 g/mol. The number of hydrogen-bond donors (Lipinski definition) is 0. The standard InChI is InChI=1S/C47H30N4/c1-8-22-39(49-40-23-9-2-16-33(40)34-17-3-10-24-41(34)49)32(15-1)31-29-46(50-42-25-11-4-18-35(42)36-19-5-12-26-43(36)50)48-47(30-31)51-44-27-13-6-20-37(44)38-21-7-14-28-45(38)51/h1-30H/i1D,2D,3D,4D,5D,6D,7D,8D,9D,10D,11D,12D,13D,14D,15D,16D,17D,18D,19D,20D,21D,22D,23D,24D,25D,26D,27D,28D,29D,30D. The van der Waals surface area contributed by atoms with E-state index in [4.69, 9.17) is 27.4 Å². The van der Waals surface area contributed by atoms with Crippen LogP contribution in [0.5, 0.6) is 0 Å². The number of fused-ring (bicyclic) bond motifs is 9. The van der Waals surface area contributed by atoms with E-state index >= 15 is 0 Å². The monoisotopic (exact) mass is 680 g/mol. The highest BCUT2D eigenvalue weighted by molar-refractivity contribution is 6.11. The molecule has 0 fully saturated rings. The van der Waals surface area contributed by atoms with Crippen LogP contribution in [-0.4, -0.2) is 18.7 Å². The molecule has 7 aromatic carbocycles. The quantitative estimate of drug-likeness (QED) is 0.182. The van der Waals surface area contributed by atoms with Gasteiger partial charge >= 0.3 is 0 Å². The van der Waals surface area contributed by atoms with Crippen molar-refractivity contribution in [1.82, 2.24) is 18.7 Å². The third-order valence-corrected chi connectivity index (χ3v) is 8.35. The lowest BCUT2D eigenvalue weighted by atomic mass is 10.0. The zero-order valence-corrected chi connectivity index (χ0v) is 25.3. The van der Waals surface area contributed by atoms with Gasteiger partial charge < -0.3 is 4.57 Å². The van der Waals surface area contributed by atoms with Crippen molar-refractivity contribution in [2.24, 2.45) is 0 Å². The van der Waals surface area contributed by atoms with Gasteiger partial charge in [0.05, 0.1) is 79.9 Å². The van der Waals surface area contributed by atoms with E-state index in [9.17, 15) is 13.7 Å². The van der Waals surface area contributed by atoms with Crippen LogP contribution < -0.4 is 0 Å². The number of aromatic nitrogens is 4. The summed E-state index contributed by atoms with van der Waals surface area (Å²) in [6.07, 6.45) is 0. The Bertz CT molecular complexity index is 4460. The highest BCUT2D eigenvalue weighted by atomic mass is 15.1. The molecule has 0 aliphatic carbocycles. The highest BCUT2D eigenvalue weighted by Gasteiger charge is 2.20. The van der Waals surface area contributed by atoms with Crippen molar-refractivity contribution < 1.29 is 41.1 Å². The van der Waals surface area contributed by atoms with Crippen molar-refractivity contribution in [3.63, 3.8) is 0 Å². The third kappa shape index (κ3) is 4.05. The molecular formula is C47H30N4. The van der Waals surface area contributed by atoms with E-state index < -0.39 is 275 Å². The SMILES string of the molecule is [2H]c1c([2H])c([2H])c(-n2c3c([2H])c([2H])c([2H])c([2H])c3c3c([2H])c([2H])c([2H])c([2H])c32)c(-c2c([2H])c(-n3c4c([2H])c([2H])c([2H])c([2H])c4c4c([2H])c([2H])c([2H])c([2H])c43)nc(-n3c4c([2H])c([2H])c([2H])c([2H])c4c4c([2H])c([2H])c([2H])c([2H])c43)c2[2H])c1[2H]. The number of para-hydroxylation sites is 7. The predicted octanol–water partition coefficient (Wildman–Crippen LogP) is 12.0. The van der Waals surface area contributed by atoms with Crippen LogP contribution in [0.1, 0.15) is 41.1 Å². The molecule has 0 unspecified atom stereocenters.